The second-order valence-corrected chi connectivity index (χ2v) is 10.3. The van der Waals surface area contributed by atoms with Gasteiger partial charge in [-0.25, -0.2) is 18.6 Å². The van der Waals surface area contributed by atoms with Crippen LogP contribution in [0.25, 0.3) is 0 Å². The molecule has 3 fully saturated rings. The molecule has 4 aliphatic heterocycles. The van der Waals surface area contributed by atoms with Crippen LogP contribution in [0.5, 0.6) is 0 Å². The van der Waals surface area contributed by atoms with E-state index in [0.717, 1.165) is 6.42 Å². The van der Waals surface area contributed by atoms with Gasteiger partial charge in [0.2, 0.25) is 0 Å². The lowest BCUT2D eigenvalue weighted by Gasteiger charge is -2.43. The van der Waals surface area contributed by atoms with Crippen molar-refractivity contribution in [2.75, 3.05) is 38.1 Å². The molecule has 2 N–H and O–H groups in total. The minimum absolute atomic E-state index is 0.00386. The van der Waals surface area contributed by atoms with Crippen LogP contribution in [0.3, 0.4) is 0 Å². The second-order valence-electron chi connectivity index (χ2n) is 9.85. The maximum absolute atomic E-state index is 15.9. The lowest BCUT2D eigenvalue weighted by molar-refractivity contribution is 0.0303. The first-order chi connectivity index (χ1) is 16.8. The van der Waals surface area contributed by atoms with Crippen LogP contribution in [0.4, 0.5) is 19.4 Å². The van der Waals surface area contributed by atoms with Gasteiger partial charge in [0, 0.05) is 48.9 Å². The Balaban J connectivity index is 1.24. The lowest BCUT2D eigenvalue weighted by Crippen LogP contribution is -2.61. The Kier molecular flexibility index (Phi) is 5.16. The van der Waals surface area contributed by atoms with Crippen molar-refractivity contribution < 1.29 is 23.1 Å². The summed E-state index contributed by atoms with van der Waals surface area (Å²) < 4.78 is 36.4. The summed E-state index contributed by atoms with van der Waals surface area (Å²) in [7, 11) is 0. The number of amides is 3. The van der Waals surface area contributed by atoms with Crippen molar-refractivity contribution in [3.05, 3.63) is 57.7 Å². The zero-order chi connectivity index (χ0) is 24.5. The Bertz CT molecular complexity index is 1240. The molecule has 4 aliphatic rings. The van der Waals surface area contributed by atoms with Gasteiger partial charge in [0.05, 0.1) is 35.4 Å². The highest BCUT2D eigenvalue weighted by atomic mass is 35.5. The highest BCUT2D eigenvalue weighted by Crippen LogP contribution is 2.41. The Morgan fingerprint density at radius 3 is 2.80 bits per heavy atom. The molecule has 184 valence electrons. The fourth-order valence-corrected chi connectivity index (χ4v) is 5.81. The van der Waals surface area contributed by atoms with Crippen molar-refractivity contribution >= 4 is 29.4 Å². The summed E-state index contributed by atoms with van der Waals surface area (Å²) in [5, 5.41) is 5.69. The van der Waals surface area contributed by atoms with E-state index in [-0.39, 0.29) is 58.3 Å². The molecule has 0 spiro atoms. The topological polar surface area (TPSA) is 86.8 Å². The second kappa shape index (κ2) is 8.03. The predicted octanol–water partition coefficient (Wildman–Crippen LogP) is 2.75. The third kappa shape index (κ3) is 3.45. The third-order valence-corrected chi connectivity index (χ3v) is 7.90. The quantitative estimate of drug-likeness (QED) is 0.672. The first-order valence-corrected chi connectivity index (χ1v) is 12.0. The SMILES string of the molecule is C[C@]1(c2cccc(Cl)c2F)CNC(=O)c2cnc(NC3CN(C(=O)N4C[C@@H]5C[C@H]4CO5)C3)c(F)c21. The minimum atomic E-state index is -1.19. The number of aromatic nitrogens is 1. The van der Waals surface area contributed by atoms with Crippen LogP contribution in [-0.4, -0.2) is 77.7 Å². The number of likely N-dealkylation sites (tertiary alicyclic amines) is 2. The summed E-state index contributed by atoms with van der Waals surface area (Å²) in [4.78, 5) is 33.0. The monoisotopic (exact) mass is 503 g/mol. The van der Waals surface area contributed by atoms with E-state index in [0.29, 0.717) is 26.2 Å². The van der Waals surface area contributed by atoms with Crippen LogP contribution in [0.1, 0.15) is 34.8 Å². The number of halogens is 3. The molecule has 1 aromatic heterocycles. The number of carbonyl (C=O) groups excluding carboxylic acids is 2. The minimum Gasteiger partial charge on any atom is -0.374 e. The van der Waals surface area contributed by atoms with Crippen LogP contribution < -0.4 is 10.6 Å². The Morgan fingerprint density at radius 1 is 1.29 bits per heavy atom. The highest BCUT2D eigenvalue weighted by molar-refractivity contribution is 6.30. The molecule has 35 heavy (non-hydrogen) atoms. The molecule has 0 unspecified atom stereocenters. The molecule has 3 atom stereocenters. The fourth-order valence-electron chi connectivity index (χ4n) is 5.63. The van der Waals surface area contributed by atoms with E-state index < -0.39 is 23.0 Å². The van der Waals surface area contributed by atoms with Gasteiger partial charge in [-0.3, -0.25) is 4.79 Å². The smallest absolute Gasteiger partial charge is 0.320 e. The number of hydrogen-bond donors (Lipinski definition) is 2. The fraction of sp³-hybridized carbons (Fsp3) is 0.458. The summed E-state index contributed by atoms with van der Waals surface area (Å²) >= 11 is 6.00. The number of hydrogen-bond acceptors (Lipinski definition) is 5. The van der Waals surface area contributed by atoms with Gasteiger partial charge in [0.15, 0.2) is 11.6 Å². The van der Waals surface area contributed by atoms with Crippen LogP contribution in [0.2, 0.25) is 5.02 Å². The van der Waals surface area contributed by atoms with Gasteiger partial charge in [0.1, 0.15) is 5.82 Å². The van der Waals surface area contributed by atoms with Crippen LogP contribution in [0, 0.1) is 11.6 Å². The largest absolute Gasteiger partial charge is 0.374 e. The molecule has 0 radical (unpaired) electrons. The Labute approximate surface area is 205 Å². The van der Waals surface area contributed by atoms with E-state index in [4.69, 9.17) is 16.3 Å². The van der Waals surface area contributed by atoms with Crippen molar-refractivity contribution in [3.63, 3.8) is 0 Å². The maximum atomic E-state index is 15.9. The van der Waals surface area contributed by atoms with Crippen LogP contribution in [0.15, 0.2) is 24.4 Å². The Morgan fingerprint density at radius 2 is 2.09 bits per heavy atom. The van der Waals surface area contributed by atoms with Gasteiger partial charge in [0.25, 0.3) is 5.91 Å². The normalized spacial score (nSPS) is 27.5. The zero-order valence-corrected chi connectivity index (χ0v) is 19.7. The first-order valence-electron chi connectivity index (χ1n) is 11.6. The number of nitrogens with one attached hydrogen (secondary N) is 2. The molecule has 8 nitrogen and oxygen atoms in total. The van der Waals surface area contributed by atoms with Crippen molar-refractivity contribution in [1.29, 1.82) is 0 Å². The maximum Gasteiger partial charge on any atom is 0.320 e. The van der Waals surface area contributed by atoms with E-state index in [9.17, 15) is 14.0 Å². The average Bonchev–Trinajstić information content (AvgIpc) is 3.45. The number of benzene rings is 1. The standard InChI is InChI=1S/C24H24ClF2N5O3/c1-24(16-3-2-4-17(25)19(16)26)11-29-22(33)15-6-28-21(20(27)18(15)24)30-12-7-31(8-12)23(34)32-9-14-5-13(32)10-35-14/h2-4,6,12-14H,5,7-11H2,1H3,(H,28,30)(H,29,33)/t13-,14-,24+/m0/s1. The molecule has 0 aliphatic carbocycles. The number of ether oxygens (including phenoxy) is 1. The van der Waals surface area contributed by atoms with Gasteiger partial charge in [-0.2, -0.15) is 0 Å². The van der Waals surface area contributed by atoms with E-state index in [2.05, 4.69) is 15.6 Å². The van der Waals surface area contributed by atoms with E-state index in [1.165, 1.54) is 12.3 Å². The van der Waals surface area contributed by atoms with Crippen molar-refractivity contribution in [2.24, 2.45) is 0 Å². The number of pyridine rings is 1. The van der Waals surface area contributed by atoms with Crippen LogP contribution >= 0.6 is 11.6 Å². The van der Waals surface area contributed by atoms with E-state index in [1.807, 2.05) is 4.90 Å². The summed E-state index contributed by atoms with van der Waals surface area (Å²) in [5.74, 6) is -1.86. The zero-order valence-electron chi connectivity index (χ0n) is 19.0. The number of urea groups is 1. The summed E-state index contributed by atoms with van der Waals surface area (Å²) in [6.07, 6.45) is 2.31. The number of carbonyl (C=O) groups is 2. The summed E-state index contributed by atoms with van der Waals surface area (Å²) in [6.45, 7) is 3.68. The number of morpholine rings is 1. The number of fused-ring (bicyclic) bond motifs is 3. The average molecular weight is 504 g/mol. The molecule has 2 bridgehead atoms. The van der Waals surface area contributed by atoms with E-state index >= 15 is 4.39 Å². The highest BCUT2D eigenvalue weighted by Gasteiger charge is 2.46. The molecular formula is C24H24ClF2N5O3. The van der Waals surface area contributed by atoms with Crippen molar-refractivity contribution in [3.8, 4) is 0 Å². The summed E-state index contributed by atoms with van der Waals surface area (Å²) in [5.41, 5.74) is -0.884. The molecule has 11 heteroatoms. The molecule has 3 saturated heterocycles. The molecule has 3 amide bonds. The molecule has 5 heterocycles. The van der Waals surface area contributed by atoms with Gasteiger partial charge in [-0.05, 0) is 19.4 Å². The number of anilines is 1. The molecule has 0 saturated carbocycles. The third-order valence-electron chi connectivity index (χ3n) is 7.60. The van der Waals surface area contributed by atoms with Gasteiger partial charge < -0.3 is 25.2 Å². The number of nitrogens with zero attached hydrogens (tertiary/aromatic N) is 3. The van der Waals surface area contributed by atoms with Gasteiger partial charge >= 0.3 is 6.03 Å². The van der Waals surface area contributed by atoms with Gasteiger partial charge in [-0.15, -0.1) is 0 Å². The molecular weight excluding hydrogens is 480 g/mol. The Hall–Kier alpha value is -2.98. The summed E-state index contributed by atoms with van der Waals surface area (Å²) in [6, 6.07) is 4.47. The predicted molar refractivity (Wildman–Crippen MR) is 124 cm³/mol. The first kappa shape index (κ1) is 22.5. The lowest BCUT2D eigenvalue weighted by atomic mass is 9.72. The number of rotatable bonds is 3. The molecule has 6 rings (SSSR count). The molecule has 1 aromatic carbocycles. The van der Waals surface area contributed by atoms with E-state index in [1.54, 1.807) is 24.0 Å². The van der Waals surface area contributed by atoms with Crippen LogP contribution in [-0.2, 0) is 10.2 Å². The van der Waals surface area contributed by atoms with Crippen molar-refractivity contribution in [2.45, 2.75) is 36.9 Å². The molecule has 2 aromatic rings. The van der Waals surface area contributed by atoms with Crippen molar-refractivity contribution in [1.82, 2.24) is 20.1 Å². The van der Waals surface area contributed by atoms with Gasteiger partial charge in [-0.1, -0.05) is 23.7 Å².